The molecule has 0 radical (unpaired) electrons. The minimum absolute atomic E-state index is 0.0795. The number of carbonyl (C=O) groups excluding carboxylic acids is 1. The van der Waals surface area contributed by atoms with Crippen LogP contribution in [-0.2, 0) is 4.79 Å². The zero-order valence-electron chi connectivity index (χ0n) is 9.79. The Kier molecular flexibility index (Phi) is 3.72. The average Bonchev–Trinajstić information content (AvgIpc) is 2.19. The lowest BCUT2D eigenvalue weighted by molar-refractivity contribution is -0.126. The van der Waals surface area contributed by atoms with Gasteiger partial charge in [0.2, 0.25) is 5.91 Å². The third-order valence-corrected chi connectivity index (χ3v) is 2.53. The molecule has 0 saturated heterocycles. The van der Waals surface area contributed by atoms with E-state index in [2.05, 4.69) is 25.2 Å². The Balaban J connectivity index is 2.66. The second-order valence-corrected chi connectivity index (χ2v) is 3.89. The Morgan fingerprint density at radius 1 is 1.33 bits per heavy atom. The number of nitrogens with zero attached hydrogens (tertiary/aromatic N) is 1. The van der Waals surface area contributed by atoms with Gasteiger partial charge in [-0.05, 0) is 31.0 Å². The second-order valence-electron chi connectivity index (χ2n) is 3.89. The first-order valence-corrected chi connectivity index (χ1v) is 5.02. The topological polar surface area (TPSA) is 32.3 Å². The van der Waals surface area contributed by atoms with Crippen LogP contribution in [0.5, 0.6) is 0 Å². The van der Waals surface area contributed by atoms with E-state index in [1.165, 1.54) is 11.1 Å². The molecule has 1 N–H and O–H groups in total. The summed E-state index contributed by atoms with van der Waals surface area (Å²) in [6, 6.07) is 6.05. The number of carbonyl (C=O) groups is 1. The van der Waals surface area contributed by atoms with Crippen LogP contribution in [0.25, 0.3) is 0 Å². The molecule has 1 aromatic carbocycles. The standard InChI is InChI=1S/C12H18N2O/c1-9-6-5-7-11(10(9)2)13-8-12(15)14(3)4/h5-7,13H,8H2,1-4H3. The van der Waals surface area contributed by atoms with Crippen molar-refractivity contribution in [1.29, 1.82) is 0 Å². The lowest BCUT2D eigenvalue weighted by Gasteiger charge is -2.14. The number of anilines is 1. The van der Waals surface area contributed by atoms with Gasteiger partial charge < -0.3 is 10.2 Å². The van der Waals surface area contributed by atoms with Crippen LogP contribution in [-0.4, -0.2) is 31.4 Å². The molecule has 3 heteroatoms. The van der Waals surface area contributed by atoms with Crippen molar-refractivity contribution in [3.63, 3.8) is 0 Å². The van der Waals surface area contributed by atoms with Crippen LogP contribution in [0.3, 0.4) is 0 Å². The summed E-state index contributed by atoms with van der Waals surface area (Å²) in [5.74, 6) is 0.0795. The van der Waals surface area contributed by atoms with Crippen LogP contribution in [0.4, 0.5) is 5.69 Å². The molecule has 0 aliphatic heterocycles. The van der Waals surface area contributed by atoms with Crippen molar-refractivity contribution in [1.82, 2.24) is 4.90 Å². The Morgan fingerprint density at radius 2 is 2.00 bits per heavy atom. The molecule has 0 saturated carbocycles. The molecule has 15 heavy (non-hydrogen) atoms. The summed E-state index contributed by atoms with van der Waals surface area (Å²) in [5.41, 5.74) is 3.46. The first-order chi connectivity index (χ1) is 7.02. The number of hydrogen-bond donors (Lipinski definition) is 1. The fourth-order valence-electron chi connectivity index (χ4n) is 1.27. The van der Waals surface area contributed by atoms with Gasteiger partial charge in [-0.15, -0.1) is 0 Å². The normalized spacial score (nSPS) is 9.87. The van der Waals surface area contributed by atoms with Gasteiger partial charge in [0.25, 0.3) is 0 Å². The number of rotatable bonds is 3. The van der Waals surface area contributed by atoms with Crippen molar-refractivity contribution in [2.75, 3.05) is 26.0 Å². The highest BCUT2D eigenvalue weighted by Crippen LogP contribution is 2.17. The predicted molar refractivity (Wildman–Crippen MR) is 63.1 cm³/mol. The van der Waals surface area contributed by atoms with Gasteiger partial charge in [0, 0.05) is 19.8 Å². The Labute approximate surface area is 91.1 Å². The van der Waals surface area contributed by atoms with Gasteiger partial charge in [-0.1, -0.05) is 12.1 Å². The van der Waals surface area contributed by atoms with Gasteiger partial charge in [-0.25, -0.2) is 0 Å². The summed E-state index contributed by atoms with van der Waals surface area (Å²) < 4.78 is 0. The van der Waals surface area contributed by atoms with Gasteiger partial charge in [0.15, 0.2) is 0 Å². The van der Waals surface area contributed by atoms with E-state index >= 15 is 0 Å². The van der Waals surface area contributed by atoms with Crippen LogP contribution in [0.2, 0.25) is 0 Å². The number of aryl methyl sites for hydroxylation is 1. The van der Waals surface area contributed by atoms with Crippen LogP contribution in [0, 0.1) is 13.8 Å². The highest BCUT2D eigenvalue weighted by molar-refractivity contribution is 5.80. The molecule has 0 bridgehead atoms. The summed E-state index contributed by atoms with van der Waals surface area (Å²) in [4.78, 5) is 13.0. The van der Waals surface area contributed by atoms with Crippen molar-refractivity contribution >= 4 is 11.6 Å². The van der Waals surface area contributed by atoms with E-state index in [4.69, 9.17) is 0 Å². The van der Waals surface area contributed by atoms with E-state index in [1.807, 2.05) is 12.1 Å². The van der Waals surface area contributed by atoms with E-state index < -0.39 is 0 Å². The molecule has 0 aliphatic rings. The van der Waals surface area contributed by atoms with Crippen LogP contribution in [0.15, 0.2) is 18.2 Å². The first-order valence-electron chi connectivity index (χ1n) is 5.02. The lowest BCUT2D eigenvalue weighted by atomic mass is 10.1. The third kappa shape index (κ3) is 2.98. The highest BCUT2D eigenvalue weighted by atomic mass is 16.2. The molecule has 3 nitrogen and oxygen atoms in total. The molecule has 0 aromatic heterocycles. The van der Waals surface area contributed by atoms with Crippen LogP contribution in [0.1, 0.15) is 11.1 Å². The van der Waals surface area contributed by atoms with E-state index in [-0.39, 0.29) is 5.91 Å². The van der Waals surface area contributed by atoms with Gasteiger partial charge in [0.1, 0.15) is 0 Å². The predicted octanol–water partition coefficient (Wildman–Crippen LogP) is 1.80. The zero-order chi connectivity index (χ0) is 11.4. The van der Waals surface area contributed by atoms with Gasteiger partial charge in [-0.3, -0.25) is 4.79 Å². The van der Waals surface area contributed by atoms with Crippen LogP contribution < -0.4 is 5.32 Å². The smallest absolute Gasteiger partial charge is 0.241 e. The van der Waals surface area contributed by atoms with Crippen molar-refractivity contribution in [3.05, 3.63) is 29.3 Å². The Hall–Kier alpha value is -1.51. The molecule has 0 atom stereocenters. The molecule has 0 spiro atoms. The minimum atomic E-state index is 0.0795. The number of nitrogens with one attached hydrogen (secondary N) is 1. The van der Waals surface area contributed by atoms with Gasteiger partial charge >= 0.3 is 0 Å². The second kappa shape index (κ2) is 4.82. The van der Waals surface area contributed by atoms with E-state index in [0.717, 1.165) is 5.69 Å². The average molecular weight is 206 g/mol. The fourth-order valence-corrected chi connectivity index (χ4v) is 1.27. The van der Waals surface area contributed by atoms with Crippen molar-refractivity contribution in [2.24, 2.45) is 0 Å². The van der Waals surface area contributed by atoms with Crippen molar-refractivity contribution in [3.8, 4) is 0 Å². The summed E-state index contributed by atoms with van der Waals surface area (Å²) in [6.07, 6.45) is 0. The maximum absolute atomic E-state index is 11.4. The SMILES string of the molecule is Cc1cccc(NCC(=O)N(C)C)c1C. The van der Waals surface area contributed by atoms with Crippen molar-refractivity contribution < 1.29 is 4.79 Å². The molecule has 82 valence electrons. The minimum Gasteiger partial charge on any atom is -0.376 e. The molecule has 0 heterocycles. The summed E-state index contributed by atoms with van der Waals surface area (Å²) >= 11 is 0. The molecular weight excluding hydrogens is 188 g/mol. The van der Waals surface area contributed by atoms with Crippen molar-refractivity contribution in [2.45, 2.75) is 13.8 Å². The fraction of sp³-hybridized carbons (Fsp3) is 0.417. The quantitative estimate of drug-likeness (QED) is 0.818. The Bertz CT molecular complexity index is 359. The molecule has 1 amide bonds. The number of hydrogen-bond acceptors (Lipinski definition) is 2. The molecule has 1 aromatic rings. The number of benzene rings is 1. The van der Waals surface area contributed by atoms with Gasteiger partial charge in [-0.2, -0.15) is 0 Å². The molecule has 1 rings (SSSR count). The molecule has 0 unspecified atom stereocenters. The Morgan fingerprint density at radius 3 is 2.60 bits per heavy atom. The number of amides is 1. The van der Waals surface area contributed by atoms with E-state index in [9.17, 15) is 4.79 Å². The molecular formula is C12H18N2O. The highest BCUT2D eigenvalue weighted by Gasteiger charge is 2.05. The van der Waals surface area contributed by atoms with E-state index in [0.29, 0.717) is 6.54 Å². The zero-order valence-corrected chi connectivity index (χ0v) is 9.79. The monoisotopic (exact) mass is 206 g/mol. The van der Waals surface area contributed by atoms with Gasteiger partial charge in [0.05, 0.1) is 6.54 Å². The maximum Gasteiger partial charge on any atom is 0.241 e. The summed E-state index contributed by atoms with van der Waals surface area (Å²) in [6.45, 7) is 4.46. The maximum atomic E-state index is 11.4. The third-order valence-electron chi connectivity index (χ3n) is 2.53. The van der Waals surface area contributed by atoms with Crippen LogP contribution >= 0.6 is 0 Å². The molecule has 0 aliphatic carbocycles. The number of likely N-dealkylation sites (N-methyl/N-ethyl adjacent to an activating group) is 1. The first kappa shape index (κ1) is 11.6. The molecule has 0 fully saturated rings. The largest absolute Gasteiger partial charge is 0.376 e. The summed E-state index contributed by atoms with van der Waals surface area (Å²) in [5, 5.41) is 3.14. The lowest BCUT2D eigenvalue weighted by Crippen LogP contribution is -2.28. The summed E-state index contributed by atoms with van der Waals surface area (Å²) in [7, 11) is 3.51. The van der Waals surface area contributed by atoms with E-state index in [1.54, 1.807) is 19.0 Å².